The van der Waals surface area contributed by atoms with Gasteiger partial charge in [-0.1, -0.05) is 36.4 Å². The van der Waals surface area contributed by atoms with E-state index in [1.807, 2.05) is 60.1 Å². The molecule has 1 aliphatic rings. The van der Waals surface area contributed by atoms with E-state index in [-0.39, 0.29) is 19.8 Å². The monoisotopic (exact) mass is 443 g/mol. The second kappa shape index (κ2) is 8.35. The molecule has 166 valence electrons. The van der Waals surface area contributed by atoms with Crippen LogP contribution in [0.4, 0.5) is 0 Å². The van der Waals surface area contributed by atoms with Crippen molar-refractivity contribution in [2.75, 3.05) is 6.79 Å². The third-order valence-corrected chi connectivity index (χ3v) is 5.73. The van der Waals surface area contributed by atoms with Crippen molar-refractivity contribution in [2.24, 2.45) is 7.05 Å². The number of nitrogens with zero attached hydrogens (tertiary/aromatic N) is 1. The second-order valence-electron chi connectivity index (χ2n) is 7.82. The van der Waals surface area contributed by atoms with Gasteiger partial charge in [0, 0.05) is 23.5 Å². The van der Waals surface area contributed by atoms with Gasteiger partial charge in [-0.3, -0.25) is 4.79 Å². The molecule has 0 saturated heterocycles. The summed E-state index contributed by atoms with van der Waals surface area (Å²) in [6.07, 6.45) is -0.154. The number of benzene rings is 3. The summed E-state index contributed by atoms with van der Waals surface area (Å²) < 4.78 is 18.3. The number of fused-ring (bicyclic) bond motifs is 2. The van der Waals surface area contributed by atoms with E-state index in [0.29, 0.717) is 22.6 Å². The first-order chi connectivity index (χ1) is 16.0. The fourth-order valence-corrected chi connectivity index (χ4v) is 4.19. The van der Waals surface area contributed by atoms with Crippen LogP contribution in [0.2, 0.25) is 0 Å². The lowest BCUT2D eigenvalue weighted by molar-refractivity contribution is -0.136. The number of rotatable bonds is 6. The zero-order chi connectivity index (χ0) is 22.9. The van der Waals surface area contributed by atoms with Crippen LogP contribution in [0.3, 0.4) is 0 Å². The Hall–Kier alpha value is -4.26. The quantitative estimate of drug-likeness (QED) is 0.440. The number of hydrogen-bond donors (Lipinski definition) is 1. The summed E-state index contributed by atoms with van der Waals surface area (Å²) in [4.78, 5) is 24.3. The van der Waals surface area contributed by atoms with Crippen LogP contribution in [0.1, 0.15) is 21.5 Å². The van der Waals surface area contributed by atoms with Crippen molar-refractivity contribution >= 4 is 22.8 Å². The van der Waals surface area contributed by atoms with Crippen LogP contribution in [-0.4, -0.2) is 28.4 Å². The number of hydrogen-bond acceptors (Lipinski definition) is 5. The maximum absolute atomic E-state index is 12.7. The Balaban J connectivity index is 1.54. The van der Waals surface area contributed by atoms with Crippen molar-refractivity contribution in [3.8, 4) is 22.8 Å². The topological polar surface area (TPSA) is 87.0 Å². The van der Waals surface area contributed by atoms with Crippen molar-refractivity contribution in [2.45, 2.75) is 13.0 Å². The molecule has 2 heterocycles. The Morgan fingerprint density at radius 1 is 1.00 bits per heavy atom. The van der Waals surface area contributed by atoms with E-state index >= 15 is 0 Å². The predicted molar refractivity (Wildman–Crippen MR) is 121 cm³/mol. The molecular weight excluding hydrogens is 422 g/mol. The van der Waals surface area contributed by atoms with Gasteiger partial charge in [0.1, 0.15) is 6.61 Å². The normalized spacial score (nSPS) is 12.2. The number of ether oxygens (including phenoxy) is 3. The Labute approximate surface area is 189 Å². The van der Waals surface area contributed by atoms with Gasteiger partial charge >= 0.3 is 11.9 Å². The maximum atomic E-state index is 12.7. The van der Waals surface area contributed by atoms with Crippen LogP contribution in [-0.2, 0) is 29.6 Å². The Morgan fingerprint density at radius 3 is 2.58 bits per heavy atom. The van der Waals surface area contributed by atoms with Gasteiger partial charge < -0.3 is 23.9 Å². The SMILES string of the molecule is Cn1c(-c2ccc3c(c2)OCO3)c(CC(=O)O)c2ccc(C(=O)OCc3ccccc3)cc21. The first kappa shape index (κ1) is 20.6. The standard InChI is InChI=1S/C26H21NO6/c1-27-21-11-18(26(30)31-14-16-5-3-2-4-6-16)7-9-19(21)20(13-24(28)29)25(27)17-8-10-22-23(12-17)33-15-32-22/h2-12H,13-15H2,1H3,(H,28,29). The Bertz CT molecular complexity index is 1370. The highest BCUT2D eigenvalue weighted by Gasteiger charge is 2.22. The van der Waals surface area contributed by atoms with E-state index in [1.54, 1.807) is 18.2 Å². The lowest BCUT2D eigenvalue weighted by Crippen LogP contribution is -2.05. The molecule has 3 aromatic carbocycles. The van der Waals surface area contributed by atoms with E-state index in [4.69, 9.17) is 14.2 Å². The van der Waals surface area contributed by atoms with Gasteiger partial charge in [-0.2, -0.15) is 0 Å². The first-order valence-electron chi connectivity index (χ1n) is 10.5. The fourth-order valence-electron chi connectivity index (χ4n) is 4.19. The summed E-state index contributed by atoms with van der Waals surface area (Å²) in [6.45, 7) is 0.335. The third kappa shape index (κ3) is 3.89. The van der Waals surface area contributed by atoms with Crippen LogP contribution in [0.5, 0.6) is 11.5 Å². The number of carbonyl (C=O) groups excluding carboxylic acids is 1. The van der Waals surface area contributed by atoms with Gasteiger partial charge in [0.15, 0.2) is 11.5 Å². The summed E-state index contributed by atoms with van der Waals surface area (Å²) in [5.74, 6) is -0.104. The van der Waals surface area contributed by atoms with Crippen molar-refractivity contribution in [3.63, 3.8) is 0 Å². The summed E-state index contributed by atoms with van der Waals surface area (Å²) >= 11 is 0. The second-order valence-corrected chi connectivity index (χ2v) is 7.82. The highest BCUT2D eigenvalue weighted by Crippen LogP contribution is 2.40. The number of carboxylic acid groups (broad SMARTS) is 1. The van der Waals surface area contributed by atoms with Gasteiger partial charge in [-0.15, -0.1) is 0 Å². The van der Waals surface area contributed by atoms with Gasteiger partial charge in [0.25, 0.3) is 0 Å². The number of aliphatic carboxylic acids is 1. The van der Waals surface area contributed by atoms with E-state index in [9.17, 15) is 14.7 Å². The molecule has 0 atom stereocenters. The molecule has 0 unspecified atom stereocenters. The van der Waals surface area contributed by atoms with Gasteiger partial charge in [0.05, 0.1) is 17.7 Å². The molecule has 7 heteroatoms. The molecule has 4 aromatic rings. The average molecular weight is 443 g/mol. The summed E-state index contributed by atoms with van der Waals surface area (Å²) in [6, 6.07) is 20.2. The van der Waals surface area contributed by atoms with Crippen LogP contribution in [0, 0.1) is 0 Å². The molecule has 0 fully saturated rings. The van der Waals surface area contributed by atoms with E-state index in [2.05, 4.69) is 0 Å². The number of carbonyl (C=O) groups is 2. The van der Waals surface area contributed by atoms with Crippen molar-refractivity contribution in [1.29, 1.82) is 0 Å². The molecule has 0 bridgehead atoms. The maximum Gasteiger partial charge on any atom is 0.338 e. The van der Waals surface area contributed by atoms with Crippen molar-refractivity contribution in [3.05, 3.63) is 83.4 Å². The summed E-state index contributed by atoms with van der Waals surface area (Å²) in [7, 11) is 1.85. The molecule has 0 saturated carbocycles. The lowest BCUT2D eigenvalue weighted by Gasteiger charge is -2.09. The minimum atomic E-state index is -0.934. The highest BCUT2D eigenvalue weighted by molar-refractivity contribution is 5.99. The summed E-state index contributed by atoms with van der Waals surface area (Å²) in [5, 5.41) is 10.3. The first-order valence-corrected chi connectivity index (χ1v) is 10.5. The molecule has 33 heavy (non-hydrogen) atoms. The van der Waals surface area contributed by atoms with Crippen LogP contribution in [0.25, 0.3) is 22.2 Å². The molecule has 0 radical (unpaired) electrons. The minimum absolute atomic E-state index is 0.154. The highest BCUT2D eigenvalue weighted by atomic mass is 16.7. The van der Waals surface area contributed by atoms with E-state index in [0.717, 1.165) is 27.7 Å². The molecule has 1 N–H and O–H groups in total. The average Bonchev–Trinajstić information content (AvgIpc) is 3.39. The largest absolute Gasteiger partial charge is 0.481 e. The molecule has 1 aromatic heterocycles. The zero-order valence-corrected chi connectivity index (χ0v) is 17.9. The Kier molecular flexibility index (Phi) is 5.22. The van der Waals surface area contributed by atoms with Crippen molar-refractivity contribution in [1.82, 2.24) is 4.57 Å². The zero-order valence-electron chi connectivity index (χ0n) is 17.9. The van der Waals surface area contributed by atoms with Crippen LogP contribution in [0.15, 0.2) is 66.7 Å². The van der Waals surface area contributed by atoms with Crippen LogP contribution >= 0.6 is 0 Å². The molecule has 7 nitrogen and oxygen atoms in total. The van der Waals surface area contributed by atoms with E-state index < -0.39 is 11.9 Å². The Morgan fingerprint density at radius 2 is 1.79 bits per heavy atom. The van der Waals surface area contributed by atoms with Crippen LogP contribution < -0.4 is 9.47 Å². The fraction of sp³-hybridized carbons (Fsp3) is 0.154. The van der Waals surface area contributed by atoms with Gasteiger partial charge in [0.2, 0.25) is 6.79 Å². The van der Waals surface area contributed by atoms with Gasteiger partial charge in [-0.25, -0.2) is 4.79 Å². The predicted octanol–water partition coefficient (Wildman–Crippen LogP) is 4.56. The van der Waals surface area contributed by atoms with E-state index in [1.165, 1.54) is 0 Å². The molecule has 1 aliphatic heterocycles. The molecule has 0 aliphatic carbocycles. The van der Waals surface area contributed by atoms with Gasteiger partial charge in [-0.05, 0) is 41.5 Å². The van der Waals surface area contributed by atoms with Crippen molar-refractivity contribution < 1.29 is 28.9 Å². The number of aryl methyl sites for hydroxylation is 1. The smallest absolute Gasteiger partial charge is 0.338 e. The number of aromatic nitrogens is 1. The minimum Gasteiger partial charge on any atom is -0.481 e. The number of esters is 1. The molecule has 0 amide bonds. The number of carboxylic acids is 1. The molecule has 5 rings (SSSR count). The molecular formula is C26H21NO6. The third-order valence-electron chi connectivity index (χ3n) is 5.73. The summed E-state index contributed by atoms with van der Waals surface area (Å²) in [5.41, 5.74) is 4.27. The lowest BCUT2D eigenvalue weighted by atomic mass is 10.0. The molecule has 0 spiro atoms.